The van der Waals surface area contributed by atoms with E-state index in [0.29, 0.717) is 0 Å². The predicted octanol–water partition coefficient (Wildman–Crippen LogP) is 1.62. The van der Waals surface area contributed by atoms with Gasteiger partial charge < -0.3 is 5.32 Å². The average Bonchev–Trinajstić information content (AvgIpc) is 2.53. The van der Waals surface area contributed by atoms with Crippen LogP contribution in [0.2, 0.25) is 0 Å². The Balaban J connectivity index is 2.21. The molecule has 0 aromatic heterocycles. The third kappa shape index (κ3) is 1.23. The third-order valence-corrected chi connectivity index (χ3v) is 3.20. The molecule has 2 amide bonds. The van der Waals surface area contributed by atoms with Gasteiger partial charge in [0.2, 0.25) is 0 Å². The van der Waals surface area contributed by atoms with E-state index in [-0.39, 0.29) is 6.03 Å². The number of benzene rings is 1. The summed E-state index contributed by atoms with van der Waals surface area (Å²) in [7, 11) is 0. The second-order valence-electron chi connectivity index (χ2n) is 4.32. The highest BCUT2D eigenvalue weighted by molar-refractivity contribution is 5.96. The van der Waals surface area contributed by atoms with Crippen molar-refractivity contribution in [1.82, 2.24) is 5.32 Å². The maximum atomic E-state index is 11.7. The van der Waals surface area contributed by atoms with Crippen molar-refractivity contribution in [2.24, 2.45) is 0 Å². The Labute approximate surface area is 89.1 Å². The van der Waals surface area contributed by atoms with E-state index in [9.17, 15) is 4.79 Å². The van der Waals surface area contributed by atoms with Crippen LogP contribution in [-0.4, -0.2) is 19.1 Å². The van der Waals surface area contributed by atoms with Crippen molar-refractivity contribution in [2.75, 3.05) is 18.0 Å². The molecule has 0 spiro atoms. The molecule has 0 atom stereocenters. The maximum absolute atomic E-state index is 11.7. The van der Waals surface area contributed by atoms with Gasteiger partial charge in [-0.1, -0.05) is 17.7 Å². The predicted molar refractivity (Wildman–Crippen MR) is 59.3 cm³/mol. The molecule has 1 aromatic rings. The van der Waals surface area contributed by atoms with E-state index in [2.05, 4.69) is 24.4 Å². The van der Waals surface area contributed by atoms with E-state index in [1.807, 2.05) is 4.90 Å². The first kappa shape index (κ1) is 8.77. The normalized spacial score (nSPS) is 18.5. The molecule has 15 heavy (non-hydrogen) atoms. The van der Waals surface area contributed by atoms with E-state index < -0.39 is 0 Å². The molecule has 0 saturated heterocycles. The van der Waals surface area contributed by atoms with E-state index >= 15 is 0 Å². The SMILES string of the molecule is Cc1cc2c3c(c1)CCN3C(=O)NCC2. The summed E-state index contributed by atoms with van der Waals surface area (Å²) in [5, 5.41) is 2.93. The van der Waals surface area contributed by atoms with Gasteiger partial charge in [-0.25, -0.2) is 4.79 Å². The number of urea groups is 1. The minimum absolute atomic E-state index is 0.0661. The number of amides is 2. The first-order chi connectivity index (χ1) is 7.25. The van der Waals surface area contributed by atoms with E-state index in [4.69, 9.17) is 0 Å². The van der Waals surface area contributed by atoms with Gasteiger partial charge in [-0.3, -0.25) is 4.90 Å². The summed E-state index contributed by atoms with van der Waals surface area (Å²) >= 11 is 0. The van der Waals surface area contributed by atoms with Crippen LogP contribution in [-0.2, 0) is 12.8 Å². The van der Waals surface area contributed by atoms with Crippen LogP contribution < -0.4 is 10.2 Å². The molecular formula is C12H14N2O. The van der Waals surface area contributed by atoms with Gasteiger partial charge >= 0.3 is 6.03 Å². The standard InChI is InChI=1S/C12H14N2O/c1-8-6-9-2-4-13-12(15)14-5-3-10(7-8)11(9)14/h6-7H,2-5H2,1H3,(H,13,15). The molecule has 0 bridgehead atoms. The van der Waals surface area contributed by atoms with Crippen LogP contribution >= 0.6 is 0 Å². The summed E-state index contributed by atoms with van der Waals surface area (Å²) in [6.45, 7) is 3.71. The molecule has 78 valence electrons. The van der Waals surface area contributed by atoms with E-state index in [1.165, 1.54) is 22.4 Å². The molecule has 3 rings (SSSR count). The zero-order valence-corrected chi connectivity index (χ0v) is 8.84. The fraction of sp³-hybridized carbons (Fsp3) is 0.417. The van der Waals surface area contributed by atoms with Crippen molar-refractivity contribution in [2.45, 2.75) is 19.8 Å². The van der Waals surface area contributed by atoms with Gasteiger partial charge in [0.05, 0.1) is 5.69 Å². The van der Waals surface area contributed by atoms with Crippen molar-refractivity contribution in [3.63, 3.8) is 0 Å². The van der Waals surface area contributed by atoms with Gasteiger partial charge in [-0.2, -0.15) is 0 Å². The van der Waals surface area contributed by atoms with Crippen molar-refractivity contribution in [1.29, 1.82) is 0 Å². The molecule has 2 heterocycles. The number of aryl methyl sites for hydroxylation is 1. The minimum Gasteiger partial charge on any atom is -0.337 e. The van der Waals surface area contributed by atoms with Gasteiger partial charge in [-0.15, -0.1) is 0 Å². The highest BCUT2D eigenvalue weighted by Crippen LogP contribution is 2.34. The van der Waals surface area contributed by atoms with Crippen LogP contribution in [0.25, 0.3) is 0 Å². The molecule has 0 unspecified atom stereocenters. The first-order valence-corrected chi connectivity index (χ1v) is 5.43. The van der Waals surface area contributed by atoms with Crippen molar-refractivity contribution in [3.8, 4) is 0 Å². The second kappa shape index (κ2) is 2.99. The largest absolute Gasteiger partial charge is 0.337 e. The number of rotatable bonds is 0. The zero-order valence-electron chi connectivity index (χ0n) is 8.84. The summed E-state index contributed by atoms with van der Waals surface area (Å²) < 4.78 is 0. The highest BCUT2D eigenvalue weighted by atomic mass is 16.2. The fourth-order valence-electron chi connectivity index (χ4n) is 2.61. The number of nitrogens with zero attached hydrogens (tertiary/aromatic N) is 1. The lowest BCUT2D eigenvalue weighted by Crippen LogP contribution is -2.37. The van der Waals surface area contributed by atoms with Crippen molar-refractivity contribution < 1.29 is 4.79 Å². The van der Waals surface area contributed by atoms with Crippen LogP contribution in [0.15, 0.2) is 12.1 Å². The fourth-order valence-corrected chi connectivity index (χ4v) is 2.61. The highest BCUT2D eigenvalue weighted by Gasteiger charge is 2.29. The lowest BCUT2D eigenvalue weighted by molar-refractivity contribution is 0.247. The van der Waals surface area contributed by atoms with Gasteiger partial charge in [0.25, 0.3) is 0 Å². The van der Waals surface area contributed by atoms with E-state index in [0.717, 1.165) is 25.9 Å². The van der Waals surface area contributed by atoms with Crippen LogP contribution in [0, 0.1) is 6.92 Å². The summed E-state index contributed by atoms with van der Waals surface area (Å²) in [5.74, 6) is 0. The van der Waals surface area contributed by atoms with Gasteiger partial charge in [-0.05, 0) is 30.9 Å². The Morgan fingerprint density at radius 1 is 1.27 bits per heavy atom. The summed E-state index contributed by atoms with van der Waals surface area (Å²) in [4.78, 5) is 13.6. The van der Waals surface area contributed by atoms with Crippen LogP contribution in [0.3, 0.4) is 0 Å². The van der Waals surface area contributed by atoms with Crippen LogP contribution in [0.4, 0.5) is 10.5 Å². The first-order valence-electron chi connectivity index (χ1n) is 5.43. The van der Waals surface area contributed by atoms with Crippen molar-refractivity contribution in [3.05, 3.63) is 28.8 Å². The third-order valence-electron chi connectivity index (χ3n) is 3.20. The second-order valence-corrected chi connectivity index (χ2v) is 4.32. The van der Waals surface area contributed by atoms with E-state index in [1.54, 1.807) is 0 Å². The van der Waals surface area contributed by atoms with Gasteiger partial charge in [0.1, 0.15) is 0 Å². The number of hydrogen-bond donors (Lipinski definition) is 1. The molecule has 0 saturated carbocycles. The molecule has 0 fully saturated rings. The molecule has 3 heteroatoms. The number of carbonyl (C=O) groups is 1. The molecular weight excluding hydrogens is 188 g/mol. The summed E-state index contributed by atoms with van der Waals surface area (Å²) in [6, 6.07) is 4.48. The Bertz CT molecular complexity index is 439. The molecule has 2 aliphatic rings. The Hall–Kier alpha value is -1.51. The maximum Gasteiger partial charge on any atom is 0.321 e. The van der Waals surface area contributed by atoms with Crippen LogP contribution in [0.5, 0.6) is 0 Å². The monoisotopic (exact) mass is 202 g/mol. The number of hydrogen-bond acceptors (Lipinski definition) is 1. The Kier molecular flexibility index (Phi) is 1.75. The Morgan fingerprint density at radius 2 is 2.00 bits per heavy atom. The quantitative estimate of drug-likeness (QED) is 0.681. The Morgan fingerprint density at radius 3 is 2.80 bits per heavy atom. The summed E-state index contributed by atoms with van der Waals surface area (Å²) in [5.41, 5.74) is 5.14. The lowest BCUT2D eigenvalue weighted by Gasteiger charge is -2.16. The topological polar surface area (TPSA) is 32.3 Å². The van der Waals surface area contributed by atoms with Crippen LogP contribution in [0.1, 0.15) is 16.7 Å². The minimum atomic E-state index is 0.0661. The molecule has 1 N–H and O–H groups in total. The average molecular weight is 202 g/mol. The molecule has 0 radical (unpaired) electrons. The molecule has 2 aliphatic heterocycles. The molecule has 3 nitrogen and oxygen atoms in total. The number of nitrogens with one attached hydrogen (secondary N) is 1. The number of anilines is 1. The smallest absolute Gasteiger partial charge is 0.321 e. The van der Waals surface area contributed by atoms with Gasteiger partial charge in [0.15, 0.2) is 0 Å². The molecule has 0 aliphatic carbocycles. The molecule has 1 aromatic carbocycles. The summed E-state index contributed by atoms with van der Waals surface area (Å²) in [6.07, 6.45) is 1.95. The lowest BCUT2D eigenvalue weighted by atomic mass is 10.0. The number of carbonyl (C=O) groups excluding carboxylic acids is 1. The van der Waals surface area contributed by atoms with Crippen molar-refractivity contribution >= 4 is 11.7 Å². The zero-order chi connectivity index (χ0) is 10.4. The van der Waals surface area contributed by atoms with Gasteiger partial charge in [0, 0.05) is 13.1 Å².